The number of para-hydroxylation sites is 1. The number of hydrogen-bond donors (Lipinski definition) is 0. The molecule has 0 radical (unpaired) electrons. The molecule has 0 heterocycles. The second kappa shape index (κ2) is 6.60. The first-order valence-corrected chi connectivity index (χ1v) is 7.60. The van der Waals surface area contributed by atoms with E-state index in [2.05, 4.69) is 0 Å². The van der Waals surface area contributed by atoms with Crippen molar-refractivity contribution in [3.8, 4) is 0 Å². The van der Waals surface area contributed by atoms with E-state index in [-0.39, 0.29) is 26.9 Å². The molecule has 2 aromatic carbocycles. The number of nitrogens with zero attached hydrogens (tertiary/aromatic N) is 1. The summed E-state index contributed by atoms with van der Waals surface area (Å²) < 4.78 is 12.2. The summed E-state index contributed by atoms with van der Waals surface area (Å²) in [6.07, 6.45) is 0. The Balaban J connectivity index is 2.25. The van der Waals surface area contributed by atoms with E-state index in [9.17, 15) is 19.1 Å². The lowest BCUT2D eigenvalue weighted by atomic mass is 10.1. The maximum Gasteiger partial charge on any atom is 0.285 e. The second-order valence-corrected chi connectivity index (χ2v) is 5.94. The molecule has 0 aliphatic carbocycles. The normalized spacial score (nSPS) is 11.9. The molecule has 0 aromatic heterocycles. The largest absolute Gasteiger partial charge is 0.293 e. The van der Waals surface area contributed by atoms with E-state index in [0.29, 0.717) is 0 Å². The third-order valence-corrected chi connectivity index (χ3v) is 4.43. The summed E-state index contributed by atoms with van der Waals surface area (Å²) in [5, 5.41) is 11.2. The van der Waals surface area contributed by atoms with Gasteiger partial charge < -0.3 is 0 Å². The van der Waals surface area contributed by atoms with Crippen LogP contribution >= 0.6 is 11.6 Å². The number of carbonyl (C=O) groups is 1. The van der Waals surface area contributed by atoms with Crippen molar-refractivity contribution in [2.75, 3.05) is 5.75 Å². The number of benzene rings is 2. The molecule has 108 valence electrons. The second-order valence-electron chi connectivity index (χ2n) is 4.12. The van der Waals surface area contributed by atoms with Crippen molar-refractivity contribution in [3.63, 3.8) is 0 Å². The third kappa shape index (κ3) is 3.53. The highest BCUT2D eigenvalue weighted by molar-refractivity contribution is 7.86. The standard InChI is InChI=1S/C14H10ClNO4S/c15-11-6-2-1-5-10(11)13(17)9-21(20)14-8-4-3-7-12(14)16(18)19/h1-8H,9H2. The van der Waals surface area contributed by atoms with Crippen LogP contribution in [0.4, 0.5) is 5.69 Å². The molecule has 1 atom stereocenters. The van der Waals surface area contributed by atoms with Crippen LogP contribution < -0.4 is 0 Å². The summed E-state index contributed by atoms with van der Waals surface area (Å²) in [5.74, 6) is -0.772. The minimum Gasteiger partial charge on any atom is -0.293 e. The Labute approximate surface area is 128 Å². The van der Waals surface area contributed by atoms with Gasteiger partial charge in [-0.05, 0) is 18.2 Å². The van der Waals surface area contributed by atoms with Gasteiger partial charge in [0.1, 0.15) is 4.90 Å². The van der Waals surface area contributed by atoms with Gasteiger partial charge in [0, 0.05) is 11.6 Å². The van der Waals surface area contributed by atoms with E-state index in [0.717, 1.165) is 0 Å². The molecule has 0 aliphatic heterocycles. The van der Waals surface area contributed by atoms with Crippen molar-refractivity contribution in [3.05, 3.63) is 69.2 Å². The van der Waals surface area contributed by atoms with E-state index in [4.69, 9.17) is 11.6 Å². The summed E-state index contributed by atoms with van der Waals surface area (Å²) in [7, 11) is -1.80. The molecular weight excluding hydrogens is 314 g/mol. The summed E-state index contributed by atoms with van der Waals surface area (Å²) in [6, 6.07) is 12.1. The van der Waals surface area contributed by atoms with Gasteiger partial charge in [-0.1, -0.05) is 35.9 Å². The van der Waals surface area contributed by atoms with Crippen molar-refractivity contribution in [1.82, 2.24) is 0 Å². The maximum absolute atomic E-state index is 12.2. The molecule has 1 unspecified atom stereocenters. The van der Waals surface area contributed by atoms with Crippen LogP contribution in [0.5, 0.6) is 0 Å². The molecule has 5 nitrogen and oxygen atoms in total. The van der Waals surface area contributed by atoms with Gasteiger partial charge in [0.25, 0.3) is 5.69 Å². The highest BCUT2D eigenvalue weighted by Gasteiger charge is 2.21. The lowest BCUT2D eigenvalue weighted by Gasteiger charge is -2.04. The number of ketones is 1. The van der Waals surface area contributed by atoms with Crippen LogP contribution in [0.15, 0.2) is 53.4 Å². The zero-order valence-corrected chi connectivity index (χ0v) is 12.3. The Bertz CT molecular complexity index is 732. The van der Waals surface area contributed by atoms with Crippen molar-refractivity contribution in [2.45, 2.75) is 4.90 Å². The average molecular weight is 324 g/mol. The molecule has 0 amide bonds. The lowest BCUT2D eigenvalue weighted by Crippen LogP contribution is -2.12. The van der Waals surface area contributed by atoms with E-state index < -0.39 is 21.5 Å². The topological polar surface area (TPSA) is 77.3 Å². The Hall–Kier alpha value is -2.05. The first kappa shape index (κ1) is 15.3. The van der Waals surface area contributed by atoms with E-state index in [1.165, 1.54) is 24.3 Å². The fraction of sp³-hybridized carbons (Fsp3) is 0.0714. The fourth-order valence-corrected chi connectivity index (χ4v) is 3.16. The molecule has 0 spiro atoms. The van der Waals surface area contributed by atoms with Gasteiger partial charge in [0.05, 0.1) is 26.5 Å². The average Bonchev–Trinajstić information content (AvgIpc) is 2.47. The summed E-state index contributed by atoms with van der Waals surface area (Å²) in [4.78, 5) is 22.4. The Morgan fingerprint density at radius 2 is 1.76 bits per heavy atom. The number of carbonyl (C=O) groups excluding carboxylic acids is 1. The number of nitro groups is 1. The molecule has 0 N–H and O–H groups in total. The molecule has 0 fully saturated rings. The Morgan fingerprint density at radius 1 is 1.14 bits per heavy atom. The van der Waals surface area contributed by atoms with Crippen LogP contribution in [0.25, 0.3) is 0 Å². The van der Waals surface area contributed by atoms with Crippen LogP contribution in [0.1, 0.15) is 10.4 Å². The summed E-state index contributed by atoms with van der Waals surface area (Å²) in [6.45, 7) is 0. The van der Waals surface area contributed by atoms with Gasteiger partial charge >= 0.3 is 0 Å². The molecule has 0 saturated carbocycles. The smallest absolute Gasteiger partial charge is 0.285 e. The van der Waals surface area contributed by atoms with Crippen molar-refractivity contribution in [1.29, 1.82) is 0 Å². The minimum absolute atomic E-state index is 0.0305. The number of halogens is 1. The van der Waals surface area contributed by atoms with E-state index >= 15 is 0 Å². The van der Waals surface area contributed by atoms with Gasteiger partial charge in [-0.15, -0.1) is 0 Å². The van der Waals surface area contributed by atoms with E-state index in [1.807, 2.05) is 0 Å². The Kier molecular flexibility index (Phi) is 4.82. The van der Waals surface area contributed by atoms with Gasteiger partial charge in [0.2, 0.25) is 0 Å². The summed E-state index contributed by atoms with van der Waals surface area (Å²) >= 11 is 5.90. The van der Waals surface area contributed by atoms with Crippen LogP contribution in [0.3, 0.4) is 0 Å². The van der Waals surface area contributed by atoms with Crippen LogP contribution in [0, 0.1) is 10.1 Å². The predicted octanol–water partition coefficient (Wildman–Crippen LogP) is 3.24. The molecule has 0 bridgehead atoms. The van der Waals surface area contributed by atoms with Crippen LogP contribution in [0.2, 0.25) is 5.02 Å². The highest BCUT2D eigenvalue weighted by Crippen LogP contribution is 2.23. The van der Waals surface area contributed by atoms with Crippen molar-refractivity contribution in [2.24, 2.45) is 0 Å². The van der Waals surface area contributed by atoms with Gasteiger partial charge in [-0.2, -0.15) is 0 Å². The molecule has 7 heteroatoms. The third-order valence-electron chi connectivity index (χ3n) is 2.74. The van der Waals surface area contributed by atoms with Crippen LogP contribution in [-0.2, 0) is 10.8 Å². The molecule has 2 aromatic rings. The van der Waals surface area contributed by atoms with Crippen LogP contribution in [-0.4, -0.2) is 20.7 Å². The number of nitro benzene ring substituents is 1. The lowest BCUT2D eigenvalue weighted by molar-refractivity contribution is -0.387. The zero-order chi connectivity index (χ0) is 15.4. The quantitative estimate of drug-likeness (QED) is 0.481. The monoisotopic (exact) mass is 323 g/mol. The number of rotatable bonds is 5. The molecule has 2 rings (SSSR count). The van der Waals surface area contributed by atoms with Gasteiger partial charge in [0.15, 0.2) is 5.78 Å². The van der Waals surface area contributed by atoms with E-state index in [1.54, 1.807) is 24.3 Å². The number of Topliss-reactive ketones (excluding diaryl/α,β-unsaturated/α-hetero) is 1. The van der Waals surface area contributed by atoms with Crippen molar-refractivity contribution < 1.29 is 13.9 Å². The molecule has 0 saturated heterocycles. The van der Waals surface area contributed by atoms with Gasteiger partial charge in [-0.3, -0.25) is 19.1 Å². The fourth-order valence-electron chi connectivity index (χ4n) is 1.76. The molecular formula is C14H10ClNO4S. The molecule has 21 heavy (non-hydrogen) atoms. The first-order chi connectivity index (χ1) is 10.0. The van der Waals surface area contributed by atoms with Crippen molar-refractivity contribution >= 4 is 33.9 Å². The SMILES string of the molecule is O=C(CS(=O)c1ccccc1[N+](=O)[O-])c1ccccc1Cl. The first-order valence-electron chi connectivity index (χ1n) is 5.90. The minimum atomic E-state index is -1.80. The predicted molar refractivity (Wildman–Crippen MR) is 80.2 cm³/mol. The summed E-state index contributed by atoms with van der Waals surface area (Å²) in [5.41, 5.74) is -0.00565. The highest BCUT2D eigenvalue weighted by atomic mass is 35.5. The number of hydrogen-bond acceptors (Lipinski definition) is 4. The zero-order valence-electron chi connectivity index (χ0n) is 10.7. The maximum atomic E-state index is 12.2. The molecule has 0 aliphatic rings. The Morgan fingerprint density at radius 3 is 2.43 bits per heavy atom. The van der Waals surface area contributed by atoms with Gasteiger partial charge in [-0.25, -0.2) is 0 Å².